The summed E-state index contributed by atoms with van der Waals surface area (Å²) >= 11 is 3.31. The van der Waals surface area contributed by atoms with Gasteiger partial charge in [0.1, 0.15) is 0 Å². The Hall–Kier alpha value is -0.590. The first kappa shape index (κ1) is 10.9. The van der Waals surface area contributed by atoms with E-state index >= 15 is 0 Å². The van der Waals surface area contributed by atoms with Gasteiger partial charge in [0.2, 0.25) is 0 Å². The van der Waals surface area contributed by atoms with Crippen LogP contribution >= 0.6 is 15.9 Å². The van der Waals surface area contributed by atoms with Crippen LogP contribution in [0.3, 0.4) is 0 Å². The van der Waals surface area contributed by atoms with Crippen LogP contribution in [0.15, 0.2) is 28.7 Å². The molecule has 0 radical (unpaired) electrons. The molecule has 15 heavy (non-hydrogen) atoms. The van der Waals surface area contributed by atoms with Crippen LogP contribution in [0.5, 0.6) is 0 Å². The van der Waals surface area contributed by atoms with Crippen LogP contribution in [0.4, 0.5) is 5.69 Å². The van der Waals surface area contributed by atoms with Crippen molar-refractivity contribution in [3.8, 4) is 0 Å². The molecule has 0 aromatic heterocycles. The second kappa shape index (κ2) is 3.77. The predicted octanol–water partition coefficient (Wildman–Crippen LogP) is 1.45. The van der Waals surface area contributed by atoms with Crippen LogP contribution in [-0.4, -0.2) is 32.9 Å². The van der Waals surface area contributed by atoms with Gasteiger partial charge in [-0.1, -0.05) is 15.9 Å². The van der Waals surface area contributed by atoms with E-state index in [4.69, 9.17) is 0 Å². The van der Waals surface area contributed by atoms with Crippen molar-refractivity contribution < 1.29 is 8.42 Å². The second-order valence-corrected chi connectivity index (χ2v) is 6.23. The average Bonchev–Trinajstić information content (AvgIpc) is 3.01. The van der Waals surface area contributed by atoms with Gasteiger partial charge in [-0.3, -0.25) is 4.31 Å². The molecule has 1 saturated heterocycles. The monoisotopic (exact) mass is 290 g/mol. The normalized spacial score (nSPS) is 16.4. The zero-order valence-corrected chi connectivity index (χ0v) is 10.6. The molecule has 1 aliphatic rings. The Labute approximate surface area is 97.8 Å². The zero-order chi connectivity index (χ0) is 11.1. The number of hydrogen-bond donors (Lipinski definition) is 0. The topological polar surface area (TPSA) is 40.4 Å². The Bertz CT molecular complexity index is 454. The fourth-order valence-electron chi connectivity index (χ4n) is 1.23. The lowest BCUT2D eigenvalue weighted by molar-refractivity contribution is 0.561. The Morgan fingerprint density at radius 3 is 2.27 bits per heavy atom. The fraction of sp³-hybridized carbons (Fsp3) is 0.333. The van der Waals surface area contributed by atoms with Crippen LogP contribution in [0.1, 0.15) is 0 Å². The quantitative estimate of drug-likeness (QED) is 0.791. The van der Waals surface area contributed by atoms with Gasteiger partial charge in [0, 0.05) is 24.6 Å². The number of benzene rings is 1. The van der Waals surface area contributed by atoms with E-state index in [2.05, 4.69) is 15.9 Å². The third kappa shape index (κ3) is 2.16. The van der Waals surface area contributed by atoms with E-state index in [1.54, 1.807) is 19.2 Å². The number of rotatable bonds is 3. The lowest BCUT2D eigenvalue weighted by Crippen LogP contribution is -2.32. The maximum atomic E-state index is 11.8. The summed E-state index contributed by atoms with van der Waals surface area (Å²) in [7, 11) is -1.71. The molecule has 4 nitrogen and oxygen atoms in total. The minimum absolute atomic E-state index is 0.628. The van der Waals surface area contributed by atoms with Crippen LogP contribution in [0.25, 0.3) is 0 Å². The molecular weight excluding hydrogens is 280 g/mol. The van der Waals surface area contributed by atoms with Gasteiger partial charge in [-0.15, -0.1) is 0 Å². The predicted molar refractivity (Wildman–Crippen MR) is 63.0 cm³/mol. The number of hydrogen-bond acceptors (Lipinski definition) is 2. The van der Waals surface area contributed by atoms with Gasteiger partial charge in [-0.05, 0) is 24.3 Å². The van der Waals surface area contributed by atoms with Crippen LogP contribution in [0, 0.1) is 0 Å². The Morgan fingerprint density at radius 2 is 1.80 bits per heavy atom. The van der Waals surface area contributed by atoms with Crippen LogP contribution in [0.2, 0.25) is 0 Å². The average molecular weight is 291 g/mol. The summed E-state index contributed by atoms with van der Waals surface area (Å²) in [5.41, 5.74) is 0.671. The van der Waals surface area contributed by atoms with Gasteiger partial charge in [-0.25, -0.2) is 0 Å². The molecule has 6 heteroatoms. The fourth-order valence-corrected chi connectivity index (χ4v) is 2.77. The summed E-state index contributed by atoms with van der Waals surface area (Å²) in [6.45, 7) is 1.26. The first-order chi connectivity index (χ1) is 7.01. The van der Waals surface area contributed by atoms with Crippen LogP contribution in [-0.2, 0) is 10.2 Å². The van der Waals surface area contributed by atoms with Gasteiger partial charge in [0.15, 0.2) is 0 Å². The molecule has 0 atom stereocenters. The molecule has 0 N–H and O–H groups in total. The summed E-state index contributed by atoms with van der Waals surface area (Å²) in [4.78, 5) is 0. The minimum atomic E-state index is -3.28. The molecule has 0 saturated carbocycles. The second-order valence-electron chi connectivity index (χ2n) is 3.35. The van der Waals surface area contributed by atoms with Gasteiger partial charge in [0.25, 0.3) is 0 Å². The van der Waals surface area contributed by atoms with E-state index in [9.17, 15) is 8.42 Å². The number of anilines is 1. The minimum Gasteiger partial charge on any atom is -0.261 e. The first-order valence-corrected chi connectivity index (χ1v) is 6.70. The summed E-state index contributed by atoms with van der Waals surface area (Å²) in [5.74, 6) is 0. The van der Waals surface area contributed by atoms with Crippen molar-refractivity contribution in [3.63, 3.8) is 0 Å². The molecule has 0 amide bonds. The van der Waals surface area contributed by atoms with E-state index < -0.39 is 10.2 Å². The highest BCUT2D eigenvalue weighted by molar-refractivity contribution is 9.10. The highest BCUT2D eigenvalue weighted by Gasteiger charge is 2.35. The summed E-state index contributed by atoms with van der Waals surface area (Å²) in [6, 6.07) is 7.18. The first-order valence-electron chi connectivity index (χ1n) is 4.51. The number of halogens is 1. The highest BCUT2D eigenvalue weighted by Crippen LogP contribution is 2.23. The van der Waals surface area contributed by atoms with Gasteiger partial charge in [0.05, 0.1) is 5.69 Å². The summed E-state index contributed by atoms with van der Waals surface area (Å²) < 4.78 is 27.3. The van der Waals surface area contributed by atoms with E-state index in [-0.39, 0.29) is 0 Å². The Kier molecular flexibility index (Phi) is 2.74. The summed E-state index contributed by atoms with van der Waals surface area (Å²) in [5, 5.41) is 0. The van der Waals surface area contributed by atoms with Crippen molar-refractivity contribution in [1.82, 2.24) is 4.31 Å². The highest BCUT2D eigenvalue weighted by atomic mass is 79.9. The van der Waals surface area contributed by atoms with Gasteiger partial charge in [-0.2, -0.15) is 12.7 Å². The molecule has 1 heterocycles. The molecule has 0 unspecified atom stereocenters. The van der Waals surface area contributed by atoms with Crippen LogP contribution < -0.4 is 4.31 Å². The van der Waals surface area contributed by atoms with Crippen molar-refractivity contribution in [2.75, 3.05) is 24.4 Å². The molecule has 82 valence electrons. The standard InChI is InChI=1S/C9H11BrN2O2S/c1-11(15(13,14)12-6-7-12)9-4-2-8(10)3-5-9/h2-5H,6-7H2,1H3. The lowest BCUT2D eigenvalue weighted by atomic mass is 10.3. The van der Waals surface area contributed by atoms with Crippen molar-refractivity contribution in [3.05, 3.63) is 28.7 Å². The maximum absolute atomic E-state index is 11.8. The van der Waals surface area contributed by atoms with Gasteiger partial charge < -0.3 is 0 Å². The van der Waals surface area contributed by atoms with E-state index in [1.807, 2.05) is 12.1 Å². The largest absolute Gasteiger partial charge is 0.303 e. The van der Waals surface area contributed by atoms with Crippen molar-refractivity contribution in [2.24, 2.45) is 0 Å². The molecule has 0 spiro atoms. The smallest absolute Gasteiger partial charge is 0.261 e. The van der Waals surface area contributed by atoms with Crippen molar-refractivity contribution in [2.45, 2.75) is 0 Å². The third-order valence-corrected chi connectivity index (χ3v) is 4.72. The molecule has 0 aliphatic carbocycles. The molecule has 2 rings (SSSR count). The number of nitrogens with zero attached hydrogens (tertiary/aromatic N) is 2. The molecule has 1 aliphatic heterocycles. The van der Waals surface area contributed by atoms with Gasteiger partial charge >= 0.3 is 10.2 Å². The lowest BCUT2D eigenvalue weighted by Gasteiger charge is -2.19. The zero-order valence-electron chi connectivity index (χ0n) is 8.22. The molecule has 0 bridgehead atoms. The molecular formula is C9H11BrN2O2S. The van der Waals surface area contributed by atoms with E-state index in [1.165, 1.54) is 8.61 Å². The van der Waals surface area contributed by atoms with E-state index in [0.29, 0.717) is 18.8 Å². The van der Waals surface area contributed by atoms with Crippen molar-refractivity contribution in [1.29, 1.82) is 0 Å². The Morgan fingerprint density at radius 1 is 1.27 bits per heavy atom. The third-order valence-electron chi connectivity index (χ3n) is 2.27. The van der Waals surface area contributed by atoms with E-state index in [0.717, 1.165) is 4.47 Å². The maximum Gasteiger partial charge on any atom is 0.303 e. The molecule has 1 fully saturated rings. The SMILES string of the molecule is CN(c1ccc(Br)cc1)S(=O)(=O)N1CC1. The Balaban J connectivity index is 2.27. The molecule has 1 aromatic rings. The van der Waals surface area contributed by atoms with Crippen molar-refractivity contribution >= 4 is 31.8 Å². The summed E-state index contributed by atoms with van der Waals surface area (Å²) in [6.07, 6.45) is 0. The molecule has 1 aromatic carbocycles.